The Hall–Kier alpha value is -2.69. The van der Waals surface area contributed by atoms with Crippen LogP contribution in [0, 0.1) is 12.3 Å². The van der Waals surface area contributed by atoms with Gasteiger partial charge in [-0.15, -0.1) is 15.7 Å². The van der Waals surface area contributed by atoms with E-state index in [4.69, 9.17) is 4.99 Å². The lowest BCUT2D eigenvalue weighted by Crippen LogP contribution is -2.22. The Morgan fingerprint density at radius 3 is 2.61 bits per heavy atom. The lowest BCUT2D eigenvalue weighted by molar-refractivity contribution is 0.0824. The van der Waals surface area contributed by atoms with Gasteiger partial charge in [-0.3, -0.25) is 9.79 Å². The number of para-hydroxylation sites is 1. The van der Waals surface area contributed by atoms with E-state index >= 15 is 0 Å². The van der Waals surface area contributed by atoms with E-state index in [2.05, 4.69) is 47.0 Å². The number of carbonyl (C=O) groups excluding carboxylic acids is 1. The highest BCUT2D eigenvalue weighted by Gasteiger charge is 2.28. The molecule has 10 heteroatoms. The number of rotatable bonds is 5. The highest BCUT2D eigenvalue weighted by Crippen LogP contribution is 2.39. The zero-order chi connectivity index (χ0) is 22.9. The molecule has 0 saturated heterocycles. The van der Waals surface area contributed by atoms with Crippen molar-refractivity contribution in [2.75, 3.05) is 19.4 Å². The van der Waals surface area contributed by atoms with Gasteiger partial charge in [0.1, 0.15) is 0 Å². The van der Waals surface area contributed by atoms with E-state index in [-0.39, 0.29) is 40.2 Å². The predicted molar refractivity (Wildman–Crippen MR) is 123 cm³/mol. The molecule has 31 heavy (non-hydrogen) atoms. The number of thiophene rings is 1. The first-order chi connectivity index (χ1) is 14.5. The van der Waals surface area contributed by atoms with Crippen LogP contribution in [0.2, 0.25) is 0 Å². The van der Waals surface area contributed by atoms with Crippen LogP contribution in [0.4, 0.5) is 11.5 Å². The number of carbonyl (C=O) groups is 1. The van der Waals surface area contributed by atoms with Crippen LogP contribution >= 0.6 is 22.5 Å². The van der Waals surface area contributed by atoms with Crippen LogP contribution in [-0.2, 0) is 0 Å². The van der Waals surface area contributed by atoms with Crippen molar-refractivity contribution in [3.05, 3.63) is 51.1 Å². The van der Waals surface area contributed by atoms with E-state index in [1.54, 1.807) is 43.6 Å². The molecule has 3 rings (SSSR count). The average Bonchev–Trinajstić information content (AvgIpc) is 3.24. The quantitative estimate of drug-likeness (QED) is 0.386. The van der Waals surface area contributed by atoms with Crippen LogP contribution < -0.4 is 10.8 Å². The highest BCUT2D eigenvalue weighted by atomic mass is 32.2. The highest BCUT2D eigenvalue weighted by molar-refractivity contribution is 7.14. The number of aromatic hydroxyl groups is 1. The van der Waals surface area contributed by atoms with Crippen molar-refractivity contribution < 1.29 is 14.5 Å². The number of aryl methyl sites for hydroxylation is 1. The molecule has 2 atom stereocenters. The fourth-order valence-electron chi connectivity index (χ4n) is 3.05. The number of benzene rings is 1. The molecule has 0 aliphatic heterocycles. The molecule has 1 aromatic carbocycles. The molecule has 8 nitrogen and oxygen atoms in total. The number of hydrogen-bond donors (Lipinski definition) is 3. The number of phenolic OH excluding ortho intramolecular Hbond substituents is 1. The second-order valence-electron chi connectivity index (χ2n) is 8.51. The molecule has 0 radical (unpaired) electrons. The summed E-state index contributed by atoms with van der Waals surface area (Å²) in [6.07, 6.45) is 0. The predicted octanol–water partition coefficient (Wildman–Crippen LogP) is 4.35. The second kappa shape index (κ2) is 8.81. The second-order valence-corrected chi connectivity index (χ2v) is 10.7. The minimum absolute atomic E-state index is 0.155. The molecule has 2 heterocycles. The molecular formula is C21H27N5O3S2. The zero-order valence-electron chi connectivity index (χ0n) is 18.4. The van der Waals surface area contributed by atoms with Crippen LogP contribution in [0.3, 0.4) is 0 Å². The molecule has 0 aliphatic rings. The van der Waals surface area contributed by atoms with Crippen molar-refractivity contribution in [3.63, 3.8) is 0 Å². The van der Waals surface area contributed by atoms with Gasteiger partial charge >= 0.3 is 0 Å². The van der Waals surface area contributed by atoms with Crippen molar-refractivity contribution in [2.24, 2.45) is 10.4 Å². The van der Waals surface area contributed by atoms with E-state index in [9.17, 15) is 14.5 Å². The van der Waals surface area contributed by atoms with E-state index in [0.29, 0.717) is 5.49 Å². The maximum Gasteiger partial charge on any atom is 0.257 e. The summed E-state index contributed by atoms with van der Waals surface area (Å²) in [6, 6.07) is 8.73. The van der Waals surface area contributed by atoms with Crippen molar-refractivity contribution in [1.82, 2.24) is 13.6 Å². The summed E-state index contributed by atoms with van der Waals surface area (Å²) in [4.78, 5) is 20.8. The Balaban J connectivity index is 2.05. The minimum Gasteiger partial charge on any atom is -0.548 e. The van der Waals surface area contributed by atoms with E-state index in [0.717, 1.165) is 4.88 Å². The molecule has 3 N–H and O–H groups in total. The first-order valence-electron chi connectivity index (χ1n) is 9.69. The fraction of sp³-hybridized carbons (Fsp3) is 0.381. The van der Waals surface area contributed by atoms with Crippen molar-refractivity contribution in [2.45, 2.75) is 33.7 Å². The molecule has 166 valence electrons. The number of nitrogens with zero attached hydrogens (tertiary/aromatic N) is 3. The standard InChI is InChI=1S/C21H27N5O3S2/c1-12-10-11-15(30-12)17(21(2,3)4)23-19-18(24-31(29)25-19)22-14-9-7-8-13(16(14)27)20(28)26(5)6/h7-11,17,27H,1-6H3,(H,22,24)(H,23,25)/t17-,31?/m0/s1. The van der Waals surface area contributed by atoms with E-state index in [1.165, 1.54) is 9.78 Å². The molecule has 1 amide bonds. The summed E-state index contributed by atoms with van der Waals surface area (Å²) in [6.45, 7) is 8.32. The van der Waals surface area contributed by atoms with Gasteiger partial charge in [0.2, 0.25) is 11.3 Å². The number of aromatic nitrogens is 2. The topological polar surface area (TPSA) is 117 Å². The largest absolute Gasteiger partial charge is 0.548 e. The third-order valence-corrected chi connectivity index (χ3v) is 6.39. The molecule has 2 aromatic heterocycles. The van der Waals surface area contributed by atoms with E-state index < -0.39 is 11.1 Å². The number of H-pyrrole nitrogens is 1. The Kier molecular flexibility index (Phi) is 6.54. The Labute approximate surface area is 188 Å². The molecular weight excluding hydrogens is 434 g/mol. The van der Waals surface area contributed by atoms with Gasteiger partial charge in [-0.1, -0.05) is 26.8 Å². The number of aromatic amines is 1. The first-order valence-corrected chi connectivity index (χ1v) is 11.6. The fourth-order valence-corrected chi connectivity index (χ4v) is 4.87. The van der Waals surface area contributed by atoms with Gasteiger partial charge in [-0.25, -0.2) is 0 Å². The van der Waals surface area contributed by atoms with Gasteiger partial charge in [0.05, 0.1) is 17.3 Å². The first kappa shape index (κ1) is 23.0. The van der Waals surface area contributed by atoms with Crippen LogP contribution in [0.1, 0.15) is 46.9 Å². The normalized spacial score (nSPS) is 13.9. The lowest BCUT2D eigenvalue weighted by Gasteiger charge is -2.26. The zero-order valence-corrected chi connectivity index (χ0v) is 20.0. The summed E-state index contributed by atoms with van der Waals surface area (Å²) in [7, 11) is 3.22. The molecule has 0 saturated carbocycles. The van der Waals surface area contributed by atoms with Crippen molar-refractivity contribution >= 4 is 39.9 Å². The third kappa shape index (κ3) is 5.15. The molecule has 0 aliphatic carbocycles. The van der Waals surface area contributed by atoms with Gasteiger partial charge in [0, 0.05) is 28.2 Å². The van der Waals surface area contributed by atoms with Crippen LogP contribution in [0.25, 0.3) is 0 Å². The lowest BCUT2D eigenvalue weighted by atomic mass is 9.86. The summed E-state index contributed by atoms with van der Waals surface area (Å²) < 4.78 is 19.0. The SMILES string of the molecule is Cc1ccc([C@H](N=c2[nH][s+]([O-])nc2Nc2cccc(C(=O)N(C)C)c2O)C(C)(C)C)s1. The van der Waals surface area contributed by atoms with Crippen LogP contribution in [-0.4, -0.2) is 43.3 Å². The monoisotopic (exact) mass is 461 g/mol. The summed E-state index contributed by atoms with van der Waals surface area (Å²) in [5.41, 5.74) is 0.580. The molecule has 0 fully saturated rings. The minimum atomic E-state index is -1.69. The molecule has 0 bridgehead atoms. The van der Waals surface area contributed by atoms with Gasteiger partial charge in [-0.05, 0) is 36.6 Å². The van der Waals surface area contributed by atoms with Crippen LogP contribution in [0.5, 0.6) is 5.75 Å². The van der Waals surface area contributed by atoms with Gasteiger partial charge in [0.15, 0.2) is 16.9 Å². The van der Waals surface area contributed by atoms with Crippen molar-refractivity contribution in [1.29, 1.82) is 0 Å². The van der Waals surface area contributed by atoms with E-state index in [1.807, 2.05) is 6.92 Å². The molecule has 0 spiro atoms. The number of amides is 1. The Morgan fingerprint density at radius 1 is 1.32 bits per heavy atom. The average molecular weight is 462 g/mol. The smallest absolute Gasteiger partial charge is 0.257 e. The summed E-state index contributed by atoms with van der Waals surface area (Å²) >= 11 is -0.0186. The molecule has 1 unspecified atom stereocenters. The number of phenols is 1. The number of hydrogen-bond acceptors (Lipinski definition) is 7. The van der Waals surface area contributed by atoms with Crippen molar-refractivity contribution in [3.8, 4) is 5.75 Å². The number of nitrogens with one attached hydrogen (secondary N) is 2. The summed E-state index contributed by atoms with van der Waals surface area (Å²) in [5.74, 6) is -0.293. The Morgan fingerprint density at radius 2 is 2.03 bits per heavy atom. The number of anilines is 2. The maximum atomic E-state index is 12.3. The molecule has 3 aromatic rings. The van der Waals surface area contributed by atoms with Gasteiger partial charge < -0.3 is 19.9 Å². The van der Waals surface area contributed by atoms with Gasteiger partial charge in [0.25, 0.3) is 5.91 Å². The Bertz CT molecular complexity index is 1150. The summed E-state index contributed by atoms with van der Waals surface area (Å²) in [5, 5.41) is 13.6. The third-order valence-electron chi connectivity index (χ3n) is 4.62. The van der Waals surface area contributed by atoms with Crippen LogP contribution in [0.15, 0.2) is 35.3 Å². The maximum absolute atomic E-state index is 12.3. The van der Waals surface area contributed by atoms with Gasteiger partial charge in [-0.2, -0.15) is 0 Å².